The summed E-state index contributed by atoms with van der Waals surface area (Å²) < 4.78 is 0. The average Bonchev–Trinajstić information content (AvgIpc) is 2.62. The highest BCUT2D eigenvalue weighted by Gasteiger charge is 2.41. The van der Waals surface area contributed by atoms with Gasteiger partial charge in [0.05, 0.1) is 8.07 Å². The van der Waals surface area contributed by atoms with Crippen LogP contribution in [-0.2, 0) is 0 Å². The largest absolute Gasteiger partial charge is 0.0779 e. The van der Waals surface area contributed by atoms with Gasteiger partial charge in [-0.3, -0.25) is 0 Å². The van der Waals surface area contributed by atoms with E-state index in [0.717, 1.165) is 35.0 Å². The van der Waals surface area contributed by atoms with E-state index >= 15 is 0 Å². The van der Waals surface area contributed by atoms with Gasteiger partial charge in [0.25, 0.3) is 0 Å². The second kappa shape index (κ2) is 9.56. The summed E-state index contributed by atoms with van der Waals surface area (Å²) in [5, 5.41) is 3.53. The third-order valence-electron chi connectivity index (χ3n) is 8.04. The van der Waals surface area contributed by atoms with Crippen LogP contribution in [0.2, 0.25) is 19.6 Å². The van der Waals surface area contributed by atoms with Crippen LogP contribution in [0.1, 0.15) is 78.2 Å². The second-order valence-corrected chi connectivity index (χ2v) is 19.7. The van der Waals surface area contributed by atoms with E-state index in [1.807, 2.05) is 5.30 Å². The molecule has 1 aromatic carbocycles. The summed E-state index contributed by atoms with van der Waals surface area (Å²) in [7, 11) is -1.39. The quantitative estimate of drug-likeness (QED) is 0.332. The Morgan fingerprint density at radius 1 is 0.931 bits per heavy atom. The molecule has 6 atom stereocenters. The maximum atomic E-state index is 2.57. The molecular weight excluding hydrogens is 383 g/mol. The van der Waals surface area contributed by atoms with Gasteiger partial charge in [0.1, 0.15) is 0 Å². The molecule has 2 aliphatic carbocycles. The van der Waals surface area contributed by atoms with Gasteiger partial charge in [0.15, 0.2) is 0 Å². The van der Waals surface area contributed by atoms with E-state index in [0.29, 0.717) is 0 Å². The van der Waals surface area contributed by atoms with Gasteiger partial charge in [-0.25, -0.2) is 0 Å². The summed E-state index contributed by atoms with van der Waals surface area (Å²) >= 11 is 0. The van der Waals surface area contributed by atoms with Crippen LogP contribution in [0.15, 0.2) is 18.2 Å². The molecule has 0 spiro atoms. The molecule has 3 rings (SSSR count). The van der Waals surface area contributed by atoms with Gasteiger partial charge < -0.3 is 0 Å². The van der Waals surface area contributed by atoms with E-state index in [1.54, 1.807) is 10.8 Å². The molecule has 2 saturated carbocycles. The van der Waals surface area contributed by atoms with Crippen LogP contribution < -0.4 is 10.5 Å². The Balaban J connectivity index is 2.09. The van der Waals surface area contributed by atoms with E-state index < -0.39 is 8.07 Å². The topological polar surface area (TPSA) is 0 Å². The number of hydrogen-bond donors (Lipinski definition) is 0. The van der Waals surface area contributed by atoms with Crippen molar-refractivity contribution in [3.05, 3.63) is 23.8 Å². The molecule has 0 aromatic heterocycles. The van der Waals surface area contributed by atoms with Gasteiger partial charge >= 0.3 is 0 Å². The second-order valence-electron chi connectivity index (χ2n) is 11.9. The minimum absolute atomic E-state index is 0.0791. The van der Waals surface area contributed by atoms with Crippen LogP contribution in [0.5, 0.6) is 0 Å². The number of rotatable bonds is 5. The maximum absolute atomic E-state index is 2.57. The number of hydrogen-bond acceptors (Lipinski definition) is 0. The standard InChI is InChI=1S/C27H47PSi/c1-19(2)24-16-15-21(4)18-26(24)28(23-12-9-11-20(3)17-23)25-13-10-14-27(22(25)5)29(6,7)8/h10,13-14,19-21,23-24,26H,9,11-12,15-18H2,1-8H3/t20-,21-,23?,24?,26?,28?/m1/s1. The molecule has 0 amide bonds. The Morgan fingerprint density at radius 2 is 1.62 bits per heavy atom. The van der Waals surface area contributed by atoms with E-state index in [4.69, 9.17) is 0 Å². The third-order valence-corrected chi connectivity index (χ3v) is 13.8. The van der Waals surface area contributed by atoms with Crippen molar-refractivity contribution in [2.75, 3.05) is 0 Å². The average molecular weight is 431 g/mol. The number of benzene rings is 1. The molecule has 2 heteroatoms. The molecule has 0 nitrogen and oxygen atoms in total. The zero-order chi connectivity index (χ0) is 21.3. The van der Waals surface area contributed by atoms with E-state index in [-0.39, 0.29) is 7.92 Å². The molecule has 0 N–H and O–H groups in total. The summed E-state index contributed by atoms with van der Waals surface area (Å²) in [5.41, 5.74) is 3.59. The first kappa shape index (κ1) is 23.5. The van der Waals surface area contributed by atoms with Crippen molar-refractivity contribution in [1.82, 2.24) is 0 Å². The Kier molecular flexibility index (Phi) is 7.76. The van der Waals surface area contributed by atoms with Crippen molar-refractivity contribution in [3.8, 4) is 0 Å². The zero-order valence-electron chi connectivity index (χ0n) is 20.6. The minimum atomic E-state index is -1.31. The molecule has 0 radical (unpaired) electrons. The first-order valence-electron chi connectivity index (χ1n) is 12.5. The molecule has 2 fully saturated rings. The van der Waals surface area contributed by atoms with Gasteiger partial charge in [-0.15, -0.1) is 0 Å². The molecular formula is C27H47PSi. The Hall–Kier alpha value is -0.133. The van der Waals surface area contributed by atoms with Crippen LogP contribution in [-0.4, -0.2) is 19.4 Å². The summed E-state index contributed by atoms with van der Waals surface area (Å²) in [6.07, 6.45) is 10.3. The highest BCUT2D eigenvalue weighted by Crippen LogP contribution is 2.59. The maximum Gasteiger partial charge on any atom is 0.0779 e. The molecule has 0 bridgehead atoms. The fourth-order valence-corrected chi connectivity index (χ4v) is 13.0. The predicted octanol–water partition coefficient (Wildman–Crippen LogP) is 7.69. The fraction of sp³-hybridized carbons (Fsp3) is 0.778. The third kappa shape index (κ3) is 5.38. The lowest BCUT2D eigenvalue weighted by Gasteiger charge is -2.47. The molecule has 4 unspecified atom stereocenters. The first-order valence-corrected chi connectivity index (χ1v) is 17.5. The Morgan fingerprint density at radius 3 is 2.24 bits per heavy atom. The summed E-state index contributed by atoms with van der Waals surface area (Å²) in [6.45, 7) is 20.2. The zero-order valence-corrected chi connectivity index (χ0v) is 22.5. The monoisotopic (exact) mass is 430 g/mol. The lowest BCUT2D eigenvalue weighted by atomic mass is 9.77. The highest BCUT2D eigenvalue weighted by molar-refractivity contribution is 7.67. The van der Waals surface area contributed by atoms with Crippen molar-refractivity contribution in [3.63, 3.8) is 0 Å². The Labute approximate surface area is 184 Å². The van der Waals surface area contributed by atoms with E-state index in [9.17, 15) is 0 Å². The minimum Gasteiger partial charge on any atom is -0.0684 e. The van der Waals surface area contributed by atoms with Gasteiger partial charge in [0.2, 0.25) is 0 Å². The van der Waals surface area contributed by atoms with Crippen molar-refractivity contribution in [2.45, 2.75) is 111 Å². The Bertz CT molecular complexity index is 674. The molecule has 2 aliphatic rings. The SMILES string of the molecule is Cc1c(P(C2CCC[C@@H](C)C2)C2C[C@H](C)CCC2C(C)C)cccc1[Si](C)(C)C. The highest BCUT2D eigenvalue weighted by atomic mass is 31.1. The van der Waals surface area contributed by atoms with Crippen molar-refractivity contribution >= 4 is 26.5 Å². The van der Waals surface area contributed by atoms with Gasteiger partial charge in [-0.2, -0.15) is 0 Å². The lowest BCUT2D eigenvalue weighted by Crippen LogP contribution is -2.43. The van der Waals surface area contributed by atoms with Crippen LogP contribution in [0, 0.1) is 30.6 Å². The molecule has 164 valence electrons. The molecule has 0 heterocycles. The van der Waals surface area contributed by atoms with Crippen LogP contribution in [0.3, 0.4) is 0 Å². The summed E-state index contributed by atoms with van der Waals surface area (Å²) in [4.78, 5) is 0. The molecule has 1 aromatic rings. The van der Waals surface area contributed by atoms with Crippen LogP contribution in [0.4, 0.5) is 0 Å². The predicted molar refractivity (Wildman–Crippen MR) is 137 cm³/mol. The van der Waals surface area contributed by atoms with Gasteiger partial charge in [0, 0.05) is 0 Å². The smallest absolute Gasteiger partial charge is 0.0684 e. The van der Waals surface area contributed by atoms with Crippen molar-refractivity contribution < 1.29 is 0 Å². The molecule has 29 heavy (non-hydrogen) atoms. The van der Waals surface area contributed by atoms with Crippen molar-refractivity contribution in [1.29, 1.82) is 0 Å². The van der Waals surface area contributed by atoms with Crippen LogP contribution >= 0.6 is 7.92 Å². The van der Waals surface area contributed by atoms with E-state index in [2.05, 4.69) is 72.5 Å². The summed E-state index contributed by atoms with van der Waals surface area (Å²) in [5.74, 6) is 3.61. The molecule has 0 saturated heterocycles. The first-order chi connectivity index (χ1) is 13.6. The lowest BCUT2D eigenvalue weighted by molar-refractivity contribution is 0.239. The van der Waals surface area contributed by atoms with E-state index in [1.165, 1.54) is 44.9 Å². The van der Waals surface area contributed by atoms with Crippen molar-refractivity contribution in [2.24, 2.45) is 23.7 Å². The van der Waals surface area contributed by atoms with Crippen LogP contribution in [0.25, 0.3) is 0 Å². The summed E-state index contributed by atoms with van der Waals surface area (Å²) in [6, 6.07) is 7.46. The fourth-order valence-electron chi connectivity index (χ4n) is 6.49. The normalized spacial score (nSPS) is 32.4. The molecule has 0 aliphatic heterocycles. The van der Waals surface area contributed by atoms with Gasteiger partial charge in [-0.05, 0) is 78.5 Å². The van der Waals surface area contributed by atoms with Gasteiger partial charge in [-0.1, -0.05) is 97.9 Å².